The molecule has 2 nitrogen and oxygen atoms in total. The Morgan fingerprint density at radius 3 is 2.89 bits per heavy atom. The van der Waals surface area contributed by atoms with Gasteiger partial charge in [0.1, 0.15) is 11.6 Å². The largest absolute Gasteiger partial charge is 0.496 e. The molecule has 1 atom stereocenters. The van der Waals surface area contributed by atoms with Crippen molar-refractivity contribution < 1.29 is 9.13 Å². The third kappa shape index (κ3) is 3.78. The highest BCUT2D eigenvalue weighted by Gasteiger charge is 2.13. The summed E-state index contributed by atoms with van der Waals surface area (Å²) in [5, 5.41) is 2.07. The molecule has 0 radical (unpaired) electrons. The smallest absolute Gasteiger partial charge is 0.123 e. The Kier molecular flexibility index (Phi) is 4.93. The lowest BCUT2D eigenvalue weighted by Gasteiger charge is -2.15. The molecular formula is C15H18FNOS. The highest BCUT2D eigenvalue weighted by molar-refractivity contribution is 7.09. The van der Waals surface area contributed by atoms with Crippen molar-refractivity contribution in [3.8, 4) is 5.75 Å². The van der Waals surface area contributed by atoms with Crippen molar-refractivity contribution in [2.75, 3.05) is 7.11 Å². The minimum Gasteiger partial charge on any atom is -0.496 e. The second-order valence-electron chi connectivity index (χ2n) is 4.46. The van der Waals surface area contributed by atoms with E-state index in [1.807, 2.05) is 0 Å². The van der Waals surface area contributed by atoms with Gasteiger partial charge in [0.25, 0.3) is 0 Å². The van der Waals surface area contributed by atoms with Crippen molar-refractivity contribution in [1.29, 1.82) is 0 Å². The molecular weight excluding hydrogens is 261 g/mol. The zero-order valence-electron chi connectivity index (χ0n) is 10.9. The molecule has 2 aromatic rings. The third-order valence-electron chi connectivity index (χ3n) is 3.11. The first kappa shape index (κ1) is 14.0. The van der Waals surface area contributed by atoms with E-state index in [-0.39, 0.29) is 11.9 Å². The normalized spacial score (nSPS) is 12.4. The first-order chi connectivity index (χ1) is 9.20. The van der Waals surface area contributed by atoms with Crippen molar-refractivity contribution in [1.82, 2.24) is 0 Å². The second-order valence-corrected chi connectivity index (χ2v) is 5.50. The van der Waals surface area contributed by atoms with Crippen molar-refractivity contribution in [2.24, 2.45) is 5.73 Å². The Morgan fingerprint density at radius 1 is 1.37 bits per heavy atom. The van der Waals surface area contributed by atoms with Gasteiger partial charge in [-0.1, -0.05) is 6.07 Å². The molecule has 0 aliphatic carbocycles. The first-order valence-corrected chi connectivity index (χ1v) is 7.20. The van der Waals surface area contributed by atoms with Crippen LogP contribution in [0.5, 0.6) is 5.75 Å². The zero-order valence-corrected chi connectivity index (χ0v) is 11.8. The van der Waals surface area contributed by atoms with Gasteiger partial charge in [-0.05, 0) is 48.9 Å². The van der Waals surface area contributed by atoms with Crippen molar-refractivity contribution in [3.63, 3.8) is 0 Å². The number of ether oxygens (including phenoxy) is 1. The zero-order chi connectivity index (χ0) is 13.7. The van der Waals surface area contributed by atoms with Crippen LogP contribution in [0.1, 0.15) is 29.3 Å². The predicted octanol–water partition coefficient (Wildman–Crippen LogP) is 3.92. The molecule has 0 aliphatic rings. The van der Waals surface area contributed by atoms with Crippen LogP contribution in [0.15, 0.2) is 35.7 Å². The van der Waals surface area contributed by atoms with Crippen LogP contribution in [0.2, 0.25) is 0 Å². The summed E-state index contributed by atoms with van der Waals surface area (Å²) >= 11 is 1.75. The van der Waals surface area contributed by atoms with E-state index in [0.717, 1.165) is 24.8 Å². The molecule has 0 aliphatic heterocycles. The van der Waals surface area contributed by atoms with Crippen LogP contribution >= 0.6 is 11.3 Å². The van der Waals surface area contributed by atoms with Gasteiger partial charge in [-0.25, -0.2) is 4.39 Å². The van der Waals surface area contributed by atoms with E-state index in [4.69, 9.17) is 10.5 Å². The Bertz CT molecular complexity index is 513. The van der Waals surface area contributed by atoms with Gasteiger partial charge in [0.05, 0.1) is 7.11 Å². The van der Waals surface area contributed by atoms with Crippen LogP contribution in [0, 0.1) is 5.82 Å². The number of halogens is 1. The van der Waals surface area contributed by atoms with Crippen molar-refractivity contribution in [3.05, 3.63) is 52.0 Å². The number of methoxy groups -OCH3 is 1. The summed E-state index contributed by atoms with van der Waals surface area (Å²) in [4.78, 5) is 1.36. The fourth-order valence-electron chi connectivity index (χ4n) is 2.10. The van der Waals surface area contributed by atoms with Gasteiger partial charge in [-0.15, -0.1) is 11.3 Å². The summed E-state index contributed by atoms with van der Waals surface area (Å²) in [6.07, 6.45) is 2.82. The van der Waals surface area contributed by atoms with Crippen LogP contribution < -0.4 is 10.5 Å². The SMILES string of the molecule is COc1ccc(F)cc1C(N)CCCc1cccs1. The van der Waals surface area contributed by atoms with Crippen molar-refractivity contribution >= 4 is 11.3 Å². The van der Waals surface area contributed by atoms with Crippen LogP contribution in [-0.4, -0.2) is 7.11 Å². The molecule has 0 saturated heterocycles. The second kappa shape index (κ2) is 6.68. The molecule has 0 amide bonds. The number of benzene rings is 1. The van der Waals surface area contributed by atoms with Crippen LogP contribution in [0.3, 0.4) is 0 Å². The van der Waals surface area contributed by atoms with E-state index in [9.17, 15) is 4.39 Å². The fourth-order valence-corrected chi connectivity index (χ4v) is 2.85. The van der Waals surface area contributed by atoms with E-state index in [0.29, 0.717) is 5.75 Å². The molecule has 0 bridgehead atoms. The standard InChI is InChI=1S/C15H18FNOS/c1-18-15-8-7-11(16)10-13(15)14(17)6-2-4-12-5-3-9-19-12/h3,5,7-10,14H,2,4,6,17H2,1H3. The maximum Gasteiger partial charge on any atom is 0.123 e. The Morgan fingerprint density at radius 2 is 2.21 bits per heavy atom. The molecule has 1 aromatic heterocycles. The van der Waals surface area contributed by atoms with Gasteiger partial charge in [-0.3, -0.25) is 0 Å². The number of rotatable bonds is 6. The summed E-state index contributed by atoms with van der Waals surface area (Å²) in [5.74, 6) is 0.384. The molecule has 1 heterocycles. The lowest BCUT2D eigenvalue weighted by Crippen LogP contribution is -2.12. The molecule has 1 unspecified atom stereocenters. The number of thiophene rings is 1. The highest BCUT2D eigenvalue weighted by Crippen LogP contribution is 2.27. The minimum absolute atomic E-state index is 0.189. The van der Waals surface area contributed by atoms with E-state index in [2.05, 4.69) is 17.5 Å². The van der Waals surface area contributed by atoms with Gasteiger partial charge >= 0.3 is 0 Å². The summed E-state index contributed by atoms with van der Waals surface area (Å²) < 4.78 is 18.5. The Hall–Kier alpha value is -1.39. The molecule has 102 valence electrons. The molecule has 4 heteroatoms. The van der Waals surface area contributed by atoms with Crippen LogP contribution in [0.4, 0.5) is 4.39 Å². The maximum atomic E-state index is 13.3. The average molecular weight is 279 g/mol. The lowest BCUT2D eigenvalue weighted by molar-refractivity contribution is 0.402. The number of aryl methyl sites for hydroxylation is 1. The topological polar surface area (TPSA) is 35.2 Å². The van der Waals surface area contributed by atoms with Crippen LogP contribution in [-0.2, 0) is 6.42 Å². The maximum absolute atomic E-state index is 13.3. The number of hydrogen-bond donors (Lipinski definition) is 1. The first-order valence-electron chi connectivity index (χ1n) is 6.32. The third-order valence-corrected chi connectivity index (χ3v) is 4.05. The predicted molar refractivity (Wildman–Crippen MR) is 77.1 cm³/mol. The lowest BCUT2D eigenvalue weighted by atomic mass is 10.0. The summed E-state index contributed by atoms with van der Waals surface area (Å²) in [6.45, 7) is 0. The quantitative estimate of drug-likeness (QED) is 0.870. The van der Waals surface area contributed by atoms with Crippen LogP contribution in [0.25, 0.3) is 0 Å². The molecule has 0 saturated carbocycles. The molecule has 19 heavy (non-hydrogen) atoms. The van der Waals surface area contributed by atoms with Gasteiger partial charge in [0, 0.05) is 16.5 Å². The molecule has 0 fully saturated rings. The Balaban J connectivity index is 1.95. The molecule has 2 N–H and O–H groups in total. The van der Waals surface area contributed by atoms with E-state index in [1.165, 1.54) is 17.0 Å². The van der Waals surface area contributed by atoms with Gasteiger partial charge in [0.2, 0.25) is 0 Å². The molecule has 2 rings (SSSR count). The fraction of sp³-hybridized carbons (Fsp3) is 0.333. The summed E-state index contributed by atoms with van der Waals surface area (Å²) in [5.41, 5.74) is 6.88. The van der Waals surface area contributed by atoms with Crippen molar-refractivity contribution in [2.45, 2.75) is 25.3 Å². The van der Waals surface area contributed by atoms with Gasteiger partial charge in [-0.2, -0.15) is 0 Å². The molecule has 0 spiro atoms. The minimum atomic E-state index is -0.274. The highest BCUT2D eigenvalue weighted by atomic mass is 32.1. The van der Waals surface area contributed by atoms with Gasteiger partial charge in [0.15, 0.2) is 0 Å². The van der Waals surface area contributed by atoms with E-state index >= 15 is 0 Å². The van der Waals surface area contributed by atoms with Gasteiger partial charge < -0.3 is 10.5 Å². The summed E-state index contributed by atoms with van der Waals surface area (Å²) in [6, 6.07) is 8.47. The number of hydrogen-bond acceptors (Lipinski definition) is 3. The summed E-state index contributed by atoms with van der Waals surface area (Å²) in [7, 11) is 1.58. The molecule has 1 aromatic carbocycles. The monoisotopic (exact) mass is 279 g/mol. The van der Waals surface area contributed by atoms with E-state index in [1.54, 1.807) is 24.5 Å². The average Bonchev–Trinajstić information content (AvgIpc) is 2.91. The Labute approximate surface area is 117 Å². The van der Waals surface area contributed by atoms with E-state index < -0.39 is 0 Å². The number of nitrogens with two attached hydrogens (primary N) is 1.